The first kappa shape index (κ1) is 22.4. The predicted octanol–water partition coefficient (Wildman–Crippen LogP) is 4.72. The second-order valence-electron chi connectivity index (χ2n) is 7.01. The molecule has 1 aliphatic rings. The van der Waals surface area contributed by atoms with E-state index in [0.717, 1.165) is 25.5 Å². The van der Waals surface area contributed by atoms with Crippen LogP contribution in [0.4, 0.5) is 19.0 Å². The quantitative estimate of drug-likeness (QED) is 0.593. The number of nitrogens with one attached hydrogen (secondary N) is 2. The maximum atomic E-state index is 12.6. The maximum Gasteiger partial charge on any atom is 0.434 e. The summed E-state index contributed by atoms with van der Waals surface area (Å²) in [5.74, 6) is 0.402. The van der Waals surface area contributed by atoms with Gasteiger partial charge in [-0.3, -0.25) is 4.79 Å². The Balaban J connectivity index is 1.45. The van der Waals surface area contributed by atoms with Crippen LogP contribution in [0.1, 0.15) is 31.4 Å². The number of carbonyl (C=O) groups is 1. The number of anilines is 1. The minimum atomic E-state index is -4.52. The molecule has 6 nitrogen and oxygen atoms in total. The molecule has 1 aromatic carbocycles. The van der Waals surface area contributed by atoms with Gasteiger partial charge in [0.15, 0.2) is 12.3 Å². The summed E-state index contributed by atoms with van der Waals surface area (Å²) in [5.41, 5.74) is -1.36. The molecule has 0 atom stereocenters. The van der Waals surface area contributed by atoms with Crippen molar-refractivity contribution < 1.29 is 22.7 Å². The number of carbonyl (C=O) groups excluding carboxylic acids is 1. The maximum absolute atomic E-state index is 12.6. The fourth-order valence-corrected chi connectivity index (χ4v) is 3.35. The number of aromatic nitrogens is 2. The standard InChI is InChI=1S/C19H19Cl2F3N4O2/c20-13-3-2-12(8-14(13)21)30-11-17(29)25-7-6-18(4-1-5-18)28-16-10-26-15(9-27-16)19(22,23)24/h2-3,8-10H,1,4-7,11H2,(H,25,29)(H,27,28). The summed E-state index contributed by atoms with van der Waals surface area (Å²) >= 11 is 11.7. The SMILES string of the molecule is O=C(COc1ccc(Cl)c(Cl)c1)NCCC1(Nc2cnc(C(F)(F)F)cn2)CCC1. The number of nitrogens with zero attached hydrogens (tertiary/aromatic N) is 2. The van der Waals surface area contributed by atoms with E-state index in [2.05, 4.69) is 20.6 Å². The van der Waals surface area contributed by atoms with Crippen molar-refractivity contribution in [3.8, 4) is 5.75 Å². The van der Waals surface area contributed by atoms with Crippen molar-refractivity contribution in [3.05, 3.63) is 46.3 Å². The number of hydrogen-bond acceptors (Lipinski definition) is 5. The number of alkyl halides is 3. The molecule has 1 heterocycles. The number of halogens is 5. The Morgan fingerprint density at radius 1 is 1.17 bits per heavy atom. The third-order valence-corrected chi connectivity index (χ3v) is 5.57. The molecule has 0 bridgehead atoms. The van der Waals surface area contributed by atoms with Crippen molar-refractivity contribution >= 4 is 34.9 Å². The second kappa shape index (κ2) is 9.26. The summed E-state index contributed by atoms with van der Waals surface area (Å²) in [5, 5.41) is 6.66. The molecule has 2 aromatic rings. The zero-order chi connectivity index (χ0) is 21.8. The van der Waals surface area contributed by atoms with Gasteiger partial charge in [0.2, 0.25) is 0 Å². The van der Waals surface area contributed by atoms with Crippen molar-refractivity contribution in [2.45, 2.75) is 37.4 Å². The molecule has 0 unspecified atom stereocenters. The zero-order valence-corrected chi connectivity index (χ0v) is 17.2. The molecule has 162 valence electrons. The number of benzene rings is 1. The minimum Gasteiger partial charge on any atom is -0.484 e. The molecule has 0 spiro atoms. The van der Waals surface area contributed by atoms with E-state index in [1.807, 2.05) is 0 Å². The van der Waals surface area contributed by atoms with Gasteiger partial charge in [-0.05, 0) is 37.8 Å². The molecule has 1 amide bonds. The molecule has 1 fully saturated rings. The van der Waals surface area contributed by atoms with Crippen LogP contribution in [0.3, 0.4) is 0 Å². The summed E-state index contributed by atoms with van der Waals surface area (Å²) in [4.78, 5) is 19.2. The Kier molecular flexibility index (Phi) is 6.92. The third-order valence-electron chi connectivity index (χ3n) is 4.83. The largest absolute Gasteiger partial charge is 0.484 e. The van der Waals surface area contributed by atoms with Crippen LogP contribution in [0, 0.1) is 0 Å². The first-order valence-electron chi connectivity index (χ1n) is 9.19. The normalized spacial score (nSPS) is 15.2. The van der Waals surface area contributed by atoms with E-state index in [0.29, 0.717) is 35.0 Å². The van der Waals surface area contributed by atoms with E-state index in [9.17, 15) is 18.0 Å². The smallest absolute Gasteiger partial charge is 0.434 e. The lowest BCUT2D eigenvalue weighted by Gasteiger charge is -2.43. The number of hydrogen-bond donors (Lipinski definition) is 2. The predicted molar refractivity (Wildman–Crippen MR) is 107 cm³/mol. The Hall–Kier alpha value is -2.26. The van der Waals surface area contributed by atoms with Gasteiger partial charge in [0.25, 0.3) is 5.91 Å². The van der Waals surface area contributed by atoms with Gasteiger partial charge in [-0.1, -0.05) is 23.2 Å². The Labute approximate surface area is 181 Å². The molecule has 1 saturated carbocycles. The highest BCUT2D eigenvalue weighted by molar-refractivity contribution is 6.42. The molecule has 0 saturated heterocycles. The minimum absolute atomic E-state index is 0.178. The topological polar surface area (TPSA) is 76.1 Å². The molecule has 1 aromatic heterocycles. The van der Waals surface area contributed by atoms with Crippen LogP contribution < -0.4 is 15.4 Å². The van der Waals surface area contributed by atoms with Crippen LogP contribution in [0.2, 0.25) is 10.0 Å². The van der Waals surface area contributed by atoms with E-state index in [1.165, 1.54) is 6.07 Å². The lowest BCUT2D eigenvalue weighted by atomic mass is 9.74. The average Bonchev–Trinajstić information content (AvgIpc) is 2.66. The van der Waals surface area contributed by atoms with Gasteiger partial charge in [0.05, 0.1) is 22.4 Å². The lowest BCUT2D eigenvalue weighted by molar-refractivity contribution is -0.141. The molecular formula is C19H19Cl2F3N4O2. The van der Waals surface area contributed by atoms with Gasteiger partial charge in [0.1, 0.15) is 11.6 Å². The van der Waals surface area contributed by atoms with Gasteiger partial charge in [-0.15, -0.1) is 0 Å². The number of ether oxygens (including phenoxy) is 1. The van der Waals surface area contributed by atoms with Gasteiger partial charge in [-0.25, -0.2) is 9.97 Å². The molecule has 30 heavy (non-hydrogen) atoms. The van der Waals surface area contributed by atoms with Crippen molar-refractivity contribution in [1.82, 2.24) is 15.3 Å². The summed E-state index contributed by atoms with van der Waals surface area (Å²) in [6.07, 6.45) is 0.479. The molecule has 2 N–H and O–H groups in total. The summed E-state index contributed by atoms with van der Waals surface area (Å²) in [6, 6.07) is 4.71. The van der Waals surface area contributed by atoms with Crippen LogP contribution in [-0.2, 0) is 11.0 Å². The van der Waals surface area contributed by atoms with Crippen molar-refractivity contribution in [2.24, 2.45) is 0 Å². The highest BCUT2D eigenvalue weighted by atomic mass is 35.5. The van der Waals surface area contributed by atoms with Crippen molar-refractivity contribution in [3.63, 3.8) is 0 Å². The Bertz CT molecular complexity index is 890. The first-order valence-corrected chi connectivity index (χ1v) is 9.94. The fourth-order valence-electron chi connectivity index (χ4n) is 3.06. The fraction of sp³-hybridized carbons (Fsp3) is 0.421. The highest BCUT2D eigenvalue weighted by Gasteiger charge is 2.37. The van der Waals surface area contributed by atoms with E-state index >= 15 is 0 Å². The number of rotatable bonds is 8. The summed E-state index contributed by atoms with van der Waals surface area (Å²) < 4.78 is 43.2. The summed E-state index contributed by atoms with van der Waals surface area (Å²) in [7, 11) is 0. The lowest BCUT2D eigenvalue weighted by Crippen LogP contribution is -2.48. The average molecular weight is 463 g/mol. The van der Waals surface area contributed by atoms with E-state index in [-0.39, 0.29) is 23.9 Å². The third kappa shape index (κ3) is 5.89. The Morgan fingerprint density at radius 2 is 1.93 bits per heavy atom. The zero-order valence-electron chi connectivity index (χ0n) is 15.7. The van der Waals surface area contributed by atoms with E-state index in [1.54, 1.807) is 12.1 Å². The number of amides is 1. The molecule has 3 rings (SSSR count). The monoisotopic (exact) mass is 462 g/mol. The van der Waals surface area contributed by atoms with Gasteiger partial charge >= 0.3 is 6.18 Å². The van der Waals surface area contributed by atoms with Crippen LogP contribution in [-0.4, -0.2) is 34.6 Å². The molecule has 0 aliphatic heterocycles. The first-order chi connectivity index (χ1) is 14.2. The van der Waals surface area contributed by atoms with Crippen LogP contribution >= 0.6 is 23.2 Å². The molecule has 1 aliphatic carbocycles. The molecule has 11 heteroatoms. The van der Waals surface area contributed by atoms with Crippen LogP contribution in [0.15, 0.2) is 30.6 Å². The van der Waals surface area contributed by atoms with Crippen molar-refractivity contribution in [2.75, 3.05) is 18.5 Å². The highest BCUT2D eigenvalue weighted by Crippen LogP contribution is 2.37. The second-order valence-corrected chi connectivity index (χ2v) is 7.82. The van der Waals surface area contributed by atoms with Gasteiger partial charge in [0, 0.05) is 18.2 Å². The molecule has 0 radical (unpaired) electrons. The van der Waals surface area contributed by atoms with Gasteiger partial charge in [-0.2, -0.15) is 13.2 Å². The van der Waals surface area contributed by atoms with Crippen LogP contribution in [0.25, 0.3) is 0 Å². The van der Waals surface area contributed by atoms with Crippen molar-refractivity contribution in [1.29, 1.82) is 0 Å². The van der Waals surface area contributed by atoms with E-state index in [4.69, 9.17) is 27.9 Å². The molecular weight excluding hydrogens is 444 g/mol. The van der Waals surface area contributed by atoms with Crippen LogP contribution in [0.5, 0.6) is 5.75 Å². The van der Waals surface area contributed by atoms with Gasteiger partial charge < -0.3 is 15.4 Å². The Morgan fingerprint density at radius 3 is 2.50 bits per heavy atom. The summed E-state index contributed by atoms with van der Waals surface area (Å²) in [6.45, 7) is 0.202. The van der Waals surface area contributed by atoms with E-state index < -0.39 is 11.9 Å².